The normalized spacial score (nSPS) is 10.3. The number of nitrogens with one attached hydrogen (secondary N) is 2. The minimum atomic E-state index is -0.116. The number of amides is 2. The Balaban J connectivity index is 1.53. The Morgan fingerprint density at radius 3 is 1.32 bits per heavy atom. The van der Waals surface area contributed by atoms with Crippen LogP contribution in [-0.2, 0) is 9.59 Å². The largest absolute Gasteiger partial charge is 0.324 e. The monoisotopic (exact) mass is 408 g/mol. The van der Waals surface area contributed by atoms with Crippen LogP contribution < -0.4 is 10.6 Å². The maximum Gasteiger partial charge on any atom is 0.234 e. The van der Waals surface area contributed by atoms with Crippen LogP contribution in [0.1, 0.15) is 0 Å². The molecule has 0 spiro atoms. The van der Waals surface area contributed by atoms with Crippen molar-refractivity contribution in [1.29, 1.82) is 0 Å². The number of carbonyl (C=O) groups excluding carboxylic acids is 2. The summed E-state index contributed by atoms with van der Waals surface area (Å²) in [6.07, 6.45) is 0. The van der Waals surface area contributed by atoms with E-state index in [0.717, 1.165) is 9.79 Å². The summed E-state index contributed by atoms with van der Waals surface area (Å²) in [7, 11) is 0. The van der Waals surface area contributed by atoms with E-state index in [9.17, 15) is 9.59 Å². The third kappa shape index (κ3) is 6.48. The zero-order valence-electron chi connectivity index (χ0n) is 15.1. The van der Waals surface area contributed by atoms with Crippen molar-refractivity contribution in [2.45, 2.75) is 9.79 Å². The zero-order valence-corrected chi connectivity index (χ0v) is 16.8. The summed E-state index contributed by atoms with van der Waals surface area (Å²) < 4.78 is 0. The first-order chi connectivity index (χ1) is 13.7. The molecule has 3 aromatic rings. The molecule has 0 fully saturated rings. The van der Waals surface area contributed by atoms with Crippen LogP contribution in [0.25, 0.3) is 0 Å². The zero-order chi connectivity index (χ0) is 19.6. The average Bonchev–Trinajstić information content (AvgIpc) is 2.74. The molecule has 0 saturated carbocycles. The van der Waals surface area contributed by atoms with Gasteiger partial charge in [-0.05, 0) is 36.4 Å². The van der Waals surface area contributed by atoms with E-state index < -0.39 is 0 Å². The van der Waals surface area contributed by atoms with Crippen LogP contribution in [0.5, 0.6) is 0 Å². The Kier molecular flexibility index (Phi) is 7.58. The lowest BCUT2D eigenvalue weighted by atomic mass is 10.2. The highest BCUT2D eigenvalue weighted by Crippen LogP contribution is 2.24. The van der Waals surface area contributed by atoms with Crippen molar-refractivity contribution in [2.24, 2.45) is 0 Å². The SMILES string of the molecule is O=C(CSc1ccccc1)Nc1ccccc1NC(=O)CSc1ccccc1. The van der Waals surface area contributed by atoms with Crippen molar-refractivity contribution in [3.05, 3.63) is 84.9 Å². The van der Waals surface area contributed by atoms with Crippen molar-refractivity contribution in [3.63, 3.8) is 0 Å². The van der Waals surface area contributed by atoms with Gasteiger partial charge in [0.15, 0.2) is 0 Å². The van der Waals surface area contributed by atoms with E-state index in [1.165, 1.54) is 23.5 Å². The Morgan fingerprint density at radius 2 is 0.929 bits per heavy atom. The summed E-state index contributed by atoms with van der Waals surface area (Å²) in [6.45, 7) is 0. The number of thioether (sulfide) groups is 2. The van der Waals surface area contributed by atoms with E-state index in [-0.39, 0.29) is 11.8 Å². The standard InChI is InChI=1S/C22H20N2O2S2/c25-21(15-27-17-9-3-1-4-10-17)23-19-13-7-8-14-20(19)24-22(26)16-28-18-11-5-2-6-12-18/h1-14H,15-16H2,(H,23,25)(H,24,26). The highest BCUT2D eigenvalue weighted by molar-refractivity contribution is 8.00. The van der Waals surface area contributed by atoms with Crippen LogP contribution >= 0.6 is 23.5 Å². The first-order valence-corrected chi connectivity index (χ1v) is 10.7. The van der Waals surface area contributed by atoms with Gasteiger partial charge in [0, 0.05) is 9.79 Å². The van der Waals surface area contributed by atoms with Gasteiger partial charge in [0.2, 0.25) is 11.8 Å². The highest BCUT2D eigenvalue weighted by atomic mass is 32.2. The van der Waals surface area contributed by atoms with Crippen molar-refractivity contribution in [3.8, 4) is 0 Å². The lowest BCUT2D eigenvalue weighted by Crippen LogP contribution is -2.18. The molecule has 0 heterocycles. The second-order valence-corrected chi connectivity index (χ2v) is 7.94. The van der Waals surface area contributed by atoms with E-state index >= 15 is 0 Å². The summed E-state index contributed by atoms with van der Waals surface area (Å²) in [6, 6.07) is 26.8. The molecule has 3 aromatic carbocycles. The summed E-state index contributed by atoms with van der Waals surface area (Å²) >= 11 is 2.94. The van der Waals surface area contributed by atoms with E-state index in [0.29, 0.717) is 22.9 Å². The van der Waals surface area contributed by atoms with Crippen molar-refractivity contribution in [1.82, 2.24) is 0 Å². The first kappa shape index (κ1) is 20.0. The lowest BCUT2D eigenvalue weighted by Gasteiger charge is -2.12. The Labute approximate surface area is 173 Å². The predicted octanol–water partition coefficient (Wildman–Crippen LogP) is 5.15. The molecule has 0 radical (unpaired) electrons. The van der Waals surface area contributed by atoms with Crippen LogP contribution in [-0.4, -0.2) is 23.3 Å². The minimum Gasteiger partial charge on any atom is -0.324 e. The molecule has 0 saturated heterocycles. The van der Waals surface area contributed by atoms with Gasteiger partial charge in [-0.15, -0.1) is 23.5 Å². The number of carbonyl (C=O) groups is 2. The van der Waals surface area contributed by atoms with Crippen LogP contribution in [0.3, 0.4) is 0 Å². The molecule has 0 aliphatic rings. The maximum atomic E-state index is 12.3. The van der Waals surface area contributed by atoms with Gasteiger partial charge >= 0.3 is 0 Å². The van der Waals surface area contributed by atoms with Gasteiger partial charge in [0.25, 0.3) is 0 Å². The smallest absolute Gasteiger partial charge is 0.234 e. The average molecular weight is 409 g/mol. The fourth-order valence-electron chi connectivity index (χ4n) is 2.40. The summed E-state index contributed by atoms with van der Waals surface area (Å²) in [5.41, 5.74) is 1.19. The van der Waals surface area contributed by atoms with E-state index in [2.05, 4.69) is 10.6 Å². The molecule has 0 bridgehead atoms. The van der Waals surface area contributed by atoms with Gasteiger partial charge in [0.05, 0.1) is 22.9 Å². The summed E-state index contributed by atoms with van der Waals surface area (Å²) in [5, 5.41) is 5.76. The molecular weight excluding hydrogens is 388 g/mol. The Bertz CT molecular complexity index is 842. The lowest BCUT2D eigenvalue weighted by molar-refractivity contribution is -0.114. The van der Waals surface area contributed by atoms with Gasteiger partial charge < -0.3 is 10.6 Å². The highest BCUT2D eigenvalue weighted by Gasteiger charge is 2.10. The van der Waals surface area contributed by atoms with Crippen LogP contribution in [0.15, 0.2) is 94.7 Å². The summed E-state index contributed by atoms with van der Waals surface area (Å²) in [5.74, 6) is 0.371. The second-order valence-electron chi connectivity index (χ2n) is 5.85. The molecular formula is C22H20N2O2S2. The molecule has 6 heteroatoms. The van der Waals surface area contributed by atoms with Gasteiger partial charge in [-0.25, -0.2) is 0 Å². The summed E-state index contributed by atoms with van der Waals surface area (Å²) in [4.78, 5) is 26.6. The number of anilines is 2. The topological polar surface area (TPSA) is 58.2 Å². The molecule has 142 valence electrons. The van der Waals surface area contributed by atoms with Gasteiger partial charge in [-0.1, -0.05) is 48.5 Å². The molecule has 0 aliphatic heterocycles. The number of hydrogen-bond donors (Lipinski definition) is 2. The first-order valence-electron chi connectivity index (χ1n) is 8.75. The quantitative estimate of drug-likeness (QED) is 0.506. The molecule has 0 aliphatic carbocycles. The van der Waals surface area contributed by atoms with Crippen LogP contribution in [0, 0.1) is 0 Å². The van der Waals surface area contributed by atoms with Gasteiger partial charge in [-0.3, -0.25) is 9.59 Å². The number of hydrogen-bond acceptors (Lipinski definition) is 4. The van der Waals surface area contributed by atoms with Crippen LogP contribution in [0.4, 0.5) is 11.4 Å². The molecule has 2 N–H and O–H groups in total. The Morgan fingerprint density at radius 1 is 0.571 bits per heavy atom. The molecule has 0 atom stereocenters. The molecule has 3 rings (SSSR count). The van der Waals surface area contributed by atoms with Crippen molar-refractivity contribution >= 4 is 46.7 Å². The van der Waals surface area contributed by atoms with Crippen molar-refractivity contribution in [2.75, 3.05) is 22.1 Å². The third-order valence-corrected chi connectivity index (χ3v) is 5.73. The van der Waals surface area contributed by atoms with E-state index in [1.54, 1.807) is 12.1 Å². The fraction of sp³-hybridized carbons (Fsp3) is 0.0909. The number of para-hydroxylation sites is 2. The van der Waals surface area contributed by atoms with E-state index in [1.807, 2.05) is 72.8 Å². The number of rotatable bonds is 8. The molecule has 28 heavy (non-hydrogen) atoms. The van der Waals surface area contributed by atoms with Crippen molar-refractivity contribution < 1.29 is 9.59 Å². The molecule has 2 amide bonds. The fourth-order valence-corrected chi connectivity index (χ4v) is 3.84. The minimum absolute atomic E-state index is 0.116. The van der Waals surface area contributed by atoms with Gasteiger partial charge in [-0.2, -0.15) is 0 Å². The molecule has 4 nitrogen and oxygen atoms in total. The van der Waals surface area contributed by atoms with E-state index in [4.69, 9.17) is 0 Å². The third-order valence-electron chi connectivity index (χ3n) is 3.70. The number of benzene rings is 3. The molecule has 0 aromatic heterocycles. The Hall–Kier alpha value is -2.70. The second kappa shape index (κ2) is 10.6. The predicted molar refractivity (Wildman–Crippen MR) is 118 cm³/mol. The maximum absolute atomic E-state index is 12.3. The molecule has 0 unspecified atom stereocenters. The van der Waals surface area contributed by atoms with Gasteiger partial charge in [0.1, 0.15) is 0 Å². The van der Waals surface area contributed by atoms with Crippen LogP contribution in [0.2, 0.25) is 0 Å².